The molecule has 4 N–H and O–H groups in total. The summed E-state index contributed by atoms with van der Waals surface area (Å²) in [6.07, 6.45) is 7.21. The third kappa shape index (κ3) is 5.47. The van der Waals surface area contributed by atoms with E-state index < -0.39 is 0 Å². The summed E-state index contributed by atoms with van der Waals surface area (Å²) < 4.78 is 0. The van der Waals surface area contributed by atoms with Gasteiger partial charge in [-0.2, -0.15) is 0 Å². The van der Waals surface area contributed by atoms with Crippen LogP contribution in [0.2, 0.25) is 0 Å². The molecule has 0 bridgehead atoms. The van der Waals surface area contributed by atoms with Crippen molar-refractivity contribution in [2.24, 2.45) is 23.3 Å². The van der Waals surface area contributed by atoms with Crippen molar-refractivity contribution in [1.82, 2.24) is 0 Å². The summed E-state index contributed by atoms with van der Waals surface area (Å²) in [5, 5.41) is 0. The molecule has 126 valence electrons. The Labute approximate surface area is 138 Å². The third-order valence-electron chi connectivity index (χ3n) is 4.93. The summed E-state index contributed by atoms with van der Waals surface area (Å²) in [6.45, 7) is 0.741. The first-order chi connectivity index (χ1) is 11.1. The molecule has 1 aromatic rings. The van der Waals surface area contributed by atoms with Crippen LogP contribution in [0.4, 0.5) is 0 Å². The normalized spacial score (nSPS) is 21.1. The Kier molecular flexibility index (Phi) is 6.78. The molecular formula is C19H28N2O2. The van der Waals surface area contributed by atoms with Crippen LogP contribution in [-0.2, 0) is 11.2 Å². The number of benzene rings is 1. The van der Waals surface area contributed by atoms with E-state index in [9.17, 15) is 9.59 Å². The second kappa shape index (κ2) is 8.82. The predicted molar refractivity (Wildman–Crippen MR) is 92.0 cm³/mol. The van der Waals surface area contributed by atoms with E-state index in [-0.39, 0.29) is 17.6 Å². The van der Waals surface area contributed by atoms with Crippen molar-refractivity contribution in [3.05, 3.63) is 35.4 Å². The van der Waals surface area contributed by atoms with E-state index >= 15 is 0 Å². The van der Waals surface area contributed by atoms with Crippen molar-refractivity contribution in [2.45, 2.75) is 51.4 Å². The molecule has 23 heavy (non-hydrogen) atoms. The minimum Gasteiger partial charge on any atom is -0.370 e. The summed E-state index contributed by atoms with van der Waals surface area (Å²) >= 11 is 0. The summed E-state index contributed by atoms with van der Waals surface area (Å²) in [6, 6.07) is 7.95. The Morgan fingerprint density at radius 2 is 1.65 bits per heavy atom. The van der Waals surface area contributed by atoms with Gasteiger partial charge in [0, 0.05) is 17.9 Å². The molecule has 0 heterocycles. The first-order valence-electron chi connectivity index (χ1n) is 8.71. The van der Waals surface area contributed by atoms with Crippen LogP contribution < -0.4 is 11.5 Å². The van der Waals surface area contributed by atoms with Crippen LogP contribution in [0.3, 0.4) is 0 Å². The van der Waals surface area contributed by atoms with Crippen molar-refractivity contribution >= 4 is 11.7 Å². The molecule has 0 radical (unpaired) electrons. The lowest BCUT2D eigenvalue weighted by atomic mass is 9.78. The van der Waals surface area contributed by atoms with Crippen molar-refractivity contribution in [3.63, 3.8) is 0 Å². The molecule has 0 aromatic heterocycles. The third-order valence-corrected chi connectivity index (χ3v) is 4.93. The molecule has 0 atom stereocenters. The fourth-order valence-electron chi connectivity index (χ4n) is 3.36. The number of amides is 1. The van der Waals surface area contributed by atoms with Gasteiger partial charge < -0.3 is 11.5 Å². The average Bonchev–Trinajstić information content (AvgIpc) is 2.58. The van der Waals surface area contributed by atoms with E-state index in [1.165, 1.54) is 5.56 Å². The number of hydrogen-bond donors (Lipinski definition) is 2. The highest BCUT2D eigenvalue weighted by molar-refractivity contribution is 5.97. The maximum atomic E-state index is 12.6. The maximum Gasteiger partial charge on any atom is 0.217 e. The number of carbonyl (C=O) groups is 2. The van der Waals surface area contributed by atoms with Gasteiger partial charge in [0.15, 0.2) is 5.78 Å². The van der Waals surface area contributed by atoms with E-state index in [4.69, 9.17) is 11.5 Å². The molecule has 1 aromatic carbocycles. The Morgan fingerprint density at radius 3 is 2.22 bits per heavy atom. The molecule has 4 nitrogen and oxygen atoms in total. The van der Waals surface area contributed by atoms with Crippen molar-refractivity contribution in [3.8, 4) is 0 Å². The number of rotatable bonds is 8. The minimum atomic E-state index is -0.240. The topological polar surface area (TPSA) is 86.2 Å². The second-order valence-corrected chi connectivity index (χ2v) is 6.69. The average molecular weight is 316 g/mol. The van der Waals surface area contributed by atoms with Gasteiger partial charge >= 0.3 is 0 Å². The number of Topliss-reactive ketones (excluding diaryl/α,β-unsaturated/α-hetero) is 1. The van der Waals surface area contributed by atoms with Crippen LogP contribution in [0.1, 0.15) is 60.9 Å². The monoisotopic (exact) mass is 316 g/mol. The smallest absolute Gasteiger partial charge is 0.217 e. The van der Waals surface area contributed by atoms with E-state index in [2.05, 4.69) is 0 Å². The highest BCUT2D eigenvalue weighted by Gasteiger charge is 2.26. The fourth-order valence-corrected chi connectivity index (χ4v) is 3.36. The molecule has 4 heteroatoms. The highest BCUT2D eigenvalue weighted by Crippen LogP contribution is 2.30. The van der Waals surface area contributed by atoms with Crippen LogP contribution in [0.5, 0.6) is 0 Å². The van der Waals surface area contributed by atoms with Gasteiger partial charge in [0.05, 0.1) is 0 Å². The van der Waals surface area contributed by atoms with Crippen molar-refractivity contribution in [1.29, 1.82) is 0 Å². The molecule has 0 saturated heterocycles. The molecule has 1 fully saturated rings. The predicted octanol–water partition coefficient (Wildman–Crippen LogP) is 2.83. The first-order valence-corrected chi connectivity index (χ1v) is 8.71. The zero-order valence-corrected chi connectivity index (χ0v) is 13.8. The summed E-state index contributed by atoms with van der Waals surface area (Å²) in [5.74, 6) is 0.803. The van der Waals surface area contributed by atoms with Gasteiger partial charge in [-0.3, -0.25) is 9.59 Å². The zero-order valence-electron chi connectivity index (χ0n) is 13.8. The van der Waals surface area contributed by atoms with Gasteiger partial charge in [0.2, 0.25) is 5.91 Å². The molecule has 0 aliphatic heterocycles. The van der Waals surface area contributed by atoms with Gasteiger partial charge in [0.1, 0.15) is 0 Å². The molecule has 1 aliphatic rings. The van der Waals surface area contributed by atoms with E-state index in [0.29, 0.717) is 12.3 Å². The molecule has 1 saturated carbocycles. The summed E-state index contributed by atoms with van der Waals surface area (Å²) in [4.78, 5) is 23.3. The van der Waals surface area contributed by atoms with Gasteiger partial charge in [-0.05, 0) is 63.0 Å². The molecule has 0 spiro atoms. The Bertz CT molecular complexity index is 517. The van der Waals surface area contributed by atoms with Crippen LogP contribution in [0.25, 0.3) is 0 Å². The maximum absolute atomic E-state index is 12.6. The molecule has 2 rings (SSSR count). The van der Waals surface area contributed by atoms with E-state index in [0.717, 1.165) is 57.1 Å². The quantitative estimate of drug-likeness (QED) is 0.571. The van der Waals surface area contributed by atoms with Crippen molar-refractivity contribution in [2.75, 3.05) is 6.54 Å². The first kappa shape index (κ1) is 17.7. The number of primary amides is 1. The number of aryl methyl sites for hydroxylation is 1. The lowest BCUT2D eigenvalue weighted by molar-refractivity contribution is -0.118. The van der Waals surface area contributed by atoms with Gasteiger partial charge in [-0.1, -0.05) is 24.3 Å². The SMILES string of the molecule is NCC1CCC(C(=O)c2ccc(CCCCC(N)=O)cc2)CC1. The van der Waals surface area contributed by atoms with Gasteiger partial charge in [0.25, 0.3) is 0 Å². The van der Waals surface area contributed by atoms with Crippen LogP contribution in [-0.4, -0.2) is 18.2 Å². The number of nitrogens with two attached hydrogens (primary N) is 2. The largest absolute Gasteiger partial charge is 0.370 e. The van der Waals surface area contributed by atoms with E-state index in [1.807, 2.05) is 24.3 Å². The fraction of sp³-hybridized carbons (Fsp3) is 0.579. The van der Waals surface area contributed by atoms with Crippen LogP contribution >= 0.6 is 0 Å². The van der Waals surface area contributed by atoms with Crippen LogP contribution in [0.15, 0.2) is 24.3 Å². The Balaban J connectivity index is 1.82. The Hall–Kier alpha value is -1.68. The second-order valence-electron chi connectivity index (χ2n) is 6.69. The zero-order chi connectivity index (χ0) is 16.7. The molecular weight excluding hydrogens is 288 g/mol. The summed E-state index contributed by atoms with van der Waals surface area (Å²) in [7, 11) is 0. The number of hydrogen-bond acceptors (Lipinski definition) is 3. The summed E-state index contributed by atoms with van der Waals surface area (Å²) in [5.41, 5.74) is 12.9. The number of ketones is 1. The minimum absolute atomic E-state index is 0.166. The standard InChI is InChI=1S/C19H28N2O2/c20-13-15-7-11-17(12-8-15)19(23)16-9-5-14(6-10-16)3-1-2-4-18(21)22/h5-6,9-10,15,17H,1-4,7-8,11-13,20H2,(H2,21,22). The number of carbonyl (C=O) groups excluding carboxylic acids is 2. The number of unbranched alkanes of at least 4 members (excludes halogenated alkanes) is 1. The van der Waals surface area contributed by atoms with Crippen LogP contribution in [0, 0.1) is 11.8 Å². The molecule has 1 amide bonds. The van der Waals surface area contributed by atoms with Gasteiger partial charge in [-0.25, -0.2) is 0 Å². The lowest BCUT2D eigenvalue weighted by Crippen LogP contribution is -2.25. The molecule has 1 aliphatic carbocycles. The van der Waals surface area contributed by atoms with Crippen molar-refractivity contribution < 1.29 is 9.59 Å². The van der Waals surface area contributed by atoms with E-state index in [1.54, 1.807) is 0 Å². The highest BCUT2D eigenvalue weighted by atomic mass is 16.1. The lowest BCUT2D eigenvalue weighted by Gasteiger charge is -2.26. The van der Waals surface area contributed by atoms with Gasteiger partial charge in [-0.15, -0.1) is 0 Å². The Morgan fingerprint density at radius 1 is 1.00 bits per heavy atom. The molecule has 0 unspecified atom stereocenters.